The largest absolute Gasteiger partial charge is 0.463 e. The van der Waals surface area contributed by atoms with E-state index in [0.29, 0.717) is 12.7 Å². The van der Waals surface area contributed by atoms with Crippen LogP contribution in [0.5, 0.6) is 0 Å². The minimum absolute atomic E-state index is 0.364. The zero-order chi connectivity index (χ0) is 15.1. The summed E-state index contributed by atoms with van der Waals surface area (Å²) in [5.74, 6) is -0.380. The summed E-state index contributed by atoms with van der Waals surface area (Å²) in [6.45, 7) is 9.60. The molecule has 118 valence electrons. The van der Waals surface area contributed by atoms with Crippen molar-refractivity contribution in [2.75, 3.05) is 19.8 Å². The van der Waals surface area contributed by atoms with Crippen LogP contribution in [0.1, 0.15) is 52.4 Å². The van der Waals surface area contributed by atoms with E-state index in [1.165, 1.54) is 31.8 Å². The number of unbranched alkanes of at least 4 members (excludes halogenated alkanes) is 4. The predicted molar refractivity (Wildman–Crippen MR) is 84.1 cm³/mol. The maximum atomic E-state index is 11.0. The van der Waals surface area contributed by atoms with E-state index in [4.69, 9.17) is 13.6 Å². The van der Waals surface area contributed by atoms with Crippen LogP contribution < -0.4 is 0 Å². The molecule has 0 amide bonds. The normalized spacial score (nSPS) is 10.8. The van der Waals surface area contributed by atoms with Crippen molar-refractivity contribution in [1.82, 2.24) is 0 Å². The lowest BCUT2D eigenvalue weighted by atomic mass is 10.3. The third kappa shape index (κ3) is 12.4. The molecule has 20 heavy (non-hydrogen) atoms. The summed E-state index contributed by atoms with van der Waals surface area (Å²) in [7, 11) is -1.70. The first-order valence-electron chi connectivity index (χ1n) is 7.77. The number of hydrogen-bond acceptors (Lipinski definition) is 4. The highest BCUT2D eigenvalue weighted by atomic mass is 28.3. The van der Waals surface area contributed by atoms with E-state index in [-0.39, 0.29) is 5.97 Å². The molecule has 0 saturated carbocycles. The SMILES string of the molecule is C=CC(=O)OCC[SiH](OCCCCC)OCCCCC. The van der Waals surface area contributed by atoms with Gasteiger partial charge in [0.25, 0.3) is 0 Å². The van der Waals surface area contributed by atoms with Gasteiger partial charge >= 0.3 is 15.3 Å². The maximum Gasteiger partial charge on any atom is 0.330 e. The second-order valence-electron chi connectivity index (χ2n) is 4.75. The summed E-state index contributed by atoms with van der Waals surface area (Å²) in [5.41, 5.74) is 0. The minimum atomic E-state index is -1.70. The van der Waals surface area contributed by atoms with Crippen molar-refractivity contribution in [3.63, 3.8) is 0 Å². The molecule has 0 bridgehead atoms. The number of ether oxygens (including phenoxy) is 1. The standard InChI is InChI=1S/C15H30O4Si/c1-4-7-9-11-18-20(19-12-10-8-5-2)14-13-17-15(16)6-3/h6,20H,3-5,7-14H2,1-2H3. The number of esters is 1. The maximum absolute atomic E-state index is 11.0. The molecule has 0 aliphatic carbocycles. The Morgan fingerprint density at radius 3 is 2.00 bits per heavy atom. The Labute approximate surface area is 125 Å². The zero-order valence-electron chi connectivity index (χ0n) is 13.1. The van der Waals surface area contributed by atoms with Gasteiger partial charge in [0, 0.05) is 25.3 Å². The van der Waals surface area contributed by atoms with Crippen molar-refractivity contribution < 1.29 is 18.4 Å². The zero-order valence-corrected chi connectivity index (χ0v) is 14.2. The van der Waals surface area contributed by atoms with Crippen molar-refractivity contribution in [2.24, 2.45) is 0 Å². The lowest BCUT2D eigenvalue weighted by molar-refractivity contribution is -0.137. The van der Waals surface area contributed by atoms with E-state index in [0.717, 1.165) is 26.1 Å². The van der Waals surface area contributed by atoms with Crippen LogP contribution >= 0.6 is 0 Å². The molecule has 0 N–H and O–H groups in total. The summed E-state index contributed by atoms with van der Waals surface area (Å²) < 4.78 is 16.7. The Balaban J connectivity index is 3.84. The lowest BCUT2D eigenvalue weighted by Gasteiger charge is -2.16. The van der Waals surface area contributed by atoms with Crippen LogP contribution in [0.25, 0.3) is 0 Å². The molecule has 4 nitrogen and oxygen atoms in total. The molecule has 0 aliphatic heterocycles. The molecule has 0 aromatic rings. The van der Waals surface area contributed by atoms with Gasteiger partial charge in [-0.25, -0.2) is 4.79 Å². The van der Waals surface area contributed by atoms with Crippen LogP contribution in [-0.2, 0) is 18.4 Å². The van der Waals surface area contributed by atoms with Crippen LogP contribution in [-0.4, -0.2) is 35.1 Å². The molecule has 0 rings (SSSR count). The highest BCUT2D eigenvalue weighted by Gasteiger charge is 2.14. The van der Waals surface area contributed by atoms with Gasteiger partial charge in [-0.3, -0.25) is 0 Å². The van der Waals surface area contributed by atoms with E-state index in [1.54, 1.807) is 0 Å². The van der Waals surface area contributed by atoms with Crippen molar-refractivity contribution in [1.29, 1.82) is 0 Å². The predicted octanol–water partition coefficient (Wildman–Crippen LogP) is 3.35. The molecule has 5 heteroatoms. The van der Waals surface area contributed by atoms with Crippen LogP contribution in [0.3, 0.4) is 0 Å². The summed E-state index contributed by atoms with van der Waals surface area (Å²) in [4.78, 5) is 11.0. The molecule has 0 aromatic carbocycles. The Bertz CT molecular complexity index is 234. The van der Waals surface area contributed by atoms with Crippen LogP contribution in [0.15, 0.2) is 12.7 Å². The van der Waals surface area contributed by atoms with Gasteiger partial charge in [-0.2, -0.15) is 0 Å². The first-order chi connectivity index (χ1) is 9.74. The molecule has 0 saturated heterocycles. The lowest BCUT2D eigenvalue weighted by Crippen LogP contribution is -2.26. The molecule has 0 unspecified atom stereocenters. The Morgan fingerprint density at radius 1 is 1.00 bits per heavy atom. The molecule has 0 aliphatic rings. The van der Waals surface area contributed by atoms with E-state index < -0.39 is 9.28 Å². The third-order valence-electron chi connectivity index (χ3n) is 2.87. The summed E-state index contributed by atoms with van der Waals surface area (Å²) in [6, 6.07) is 0.706. The fraction of sp³-hybridized carbons (Fsp3) is 0.800. The van der Waals surface area contributed by atoms with Gasteiger partial charge in [0.05, 0.1) is 6.61 Å². The molecule has 0 fully saturated rings. The number of rotatable bonds is 14. The van der Waals surface area contributed by atoms with Crippen molar-refractivity contribution in [3.8, 4) is 0 Å². The van der Waals surface area contributed by atoms with Gasteiger partial charge in [-0.05, 0) is 12.8 Å². The van der Waals surface area contributed by atoms with Gasteiger partial charge in [-0.1, -0.05) is 46.1 Å². The van der Waals surface area contributed by atoms with E-state index in [1.807, 2.05) is 0 Å². The third-order valence-corrected chi connectivity index (χ3v) is 4.79. The summed E-state index contributed by atoms with van der Waals surface area (Å²) in [6.07, 6.45) is 8.06. The highest BCUT2D eigenvalue weighted by molar-refractivity contribution is 6.44. The molecule has 0 atom stereocenters. The van der Waals surface area contributed by atoms with E-state index >= 15 is 0 Å². The Kier molecular flexibility index (Phi) is 14.3. The second-order valence-corrected chi connectivity index (χ2v) is 6.85. The van der Waals surface area contributed by atoms with Crippen LogP contribution in [0, 0.1) is 0 Å². The smallest absolute Gasteiger partial charge is 0.330 e. The van der Waals surface area contributed by atoms with Crippen LogP contribution in [0.4, 0.5) is 0 Å². The molecule has 0 radical (unpaired) electrons. The molecular formula is C15H30O4Si. The quantitative estimate of drug-likeness (QED) is 0.214. The first-order valence-corrected chi connectivity index (χ1v) is 9.52. The second kappa shape index (κ2) is 14.7. The number of carbonyl (C=O) groups is 1. The van der Waals surface area contributed by atoms with Crippen molar-refractivity contribution in [3.05, 3.63) is 12.7 Å². The fourth-order valence-corrected chi connectivity index (χ4v) is 3.26. The Hall–Kier alpha value is -0.653. The monoisotopic (exact) mass is 302 g/mol. The highest BCUT2D eigenvalue weighted by Crippen LogP contribution is 2.04. The molecule has 0 heterocycles. The van der Waals surface area contributed by atoms with Crippen LogP contribution in [0.2, 0.25) is 6.04 Å². The van der Waals surface area contributed by atoms with Gasteiger partial charge in [-0.15, -0.1) is 0 Å². The van der Waals surface area contributed by atoms with Gasteiger partial charge in [0.1, 0.15) is 0 Å². The average Bonchev–Trinajstić information content (AvgIpc) is 2.47. The van der Waals surface area contributed by atoms with Crippen molar-refractivity contribution >= 4 is 15.3 Å². The number of hydrogen-bond donors (Lipinski definition) is 0. The van der Waals surface area contributed by atoms with Gasteiger partial charge in [0.15, 0.2) is 0 Å². The minimum Gasteiger partial charge on any atom is -0.463 e. The fourth-order valence-electron chi connectivity index (χ4n) is 1.66. The summed E-state index contributed by atoms with van der Waals surface area (Å²) in [5, 5.41) is 0. The average molecular weight is 302 g/mol. The van der Waals surface area contributed by atoms with Gasteiger partial charge in [0.2, 0.25) is 0 Å². The number of carbonyl (C=O) groups excluding carboxylic acids is 1. The molecule has 0 spiro atoms. The molecule has 0 aromatic heterocycles. The van der Waals surface area contributed by atoms with E-state index in [9.17, 15) is 4.79 Å². The Morgan fingerprint density at radius 2 is 1.55 bits per heavy atom. The first kappa shape index (κ1) is 19.3. The molecular weight excluding hydrogens is 272 g/mol. The van der Waals surface area contributed by atoms with Gasteiger partial charge < -0.3 is 13.6 Å². The topological polar surface area (TPSA) is 44.8 Å². The summed E-state index contributed by atoms with van der Waals surface area (Å²) >= 11 is 0. The van der Waals surface area contributed by atoms with E-state index in [2.05, 4.69) is 20.4 Å². The van der Waals surface area contributed by atoms with Crippen molar-refractivity contribution in [2.45, 2.75) is 58.4 Å².